The fourth-order valence-corrected chi connectivity index (χ4v) is 2.02. The Kier molecular flexibility index (Phi) is 3.90. The van der Waals surface area contributed by atoms with Crippen LogP contribution in [0.4, 0.5) is 5.82 Å². The molecule has 0 bridgehead atoms. The molecule has 0 atom stereocenters. The molecule has 5 nitrogen and oxygen atoms in total. The van der Waals surface area contributed by atoms with Crippen molar-refractivity contribution in [3.8, 4) is 5.69 Å². The van der Waals surface area contributed by atoms with Crippen LogP contribution in [-0.4, -0.2) is 20.9 Å². The zero-order valence-electron chi connectivity index (χ0n) is 10.4. The van der Waals surface area contributed by atoms with Gasteiger partial charge in [0.25, 0.3) is 0 Å². The van der Waals surface area contributed by atoms with Gasteiger partial charge in [-0.05, 0) is 30.7 Å². The average molecular weight is 324 g/mol. The lowest BCUT2D eigenvalue weighted by Gasteiger charge is -2.06. The highest BCUT2D eigenvalue weighted by Crippen LogP contribution is 2.21. The minimum Gasteiger partial charge on any atom is -0.481 e. The summed E-state index contributed by atoms with van der Waals surface area (Å²) in [5.41, 5.74) is 8.53. The summed E-state index contributed by atoms with van der Waals surface area (Å²) >= 11 is 3.44. The van der Waals surface area contributed by atoms with Crippen molar-refractivity contribution in [2.75, 3.05) is 5.73 Å². The number of nitrogen functional groups attached to an aromatic ring is 1. The molecule has 0 aliphatic carbocycles. The number of benzene rings is 1. The molecule has 0 aliphatic rings. The number of nitrogens with two attached hydrogens (primary N) is 1. The Morgan fingerprint density at radius 2 is 2.21 bits per heavy atom. The van der Waals surface area contributed by atoms with Gasteiger partial charge in [-0.3, -0.25) is 4.79 Å². The predicted molar refractivity (Wildman–Crippen MR) is 76.4 cm³/mol. The molecule has 0 fully saturated rings. The largest absolute Gasteiger partial charge is 0.481 e. The lowest BCUT2D eigenvalue weighted by molar-refractivity contribution is -0.136. The zero-order chi connectivity index (χ0) is 14.0. The van der Waals surface area contributed by atoms with E-state index in [2.05, 4.69) is 21.0 Å². The minimum absolute atomic E-state index is 0.0514. The van der Waals surface area contributed by atoms with E-state index < -0.39 is 5.97 Å². The molecule has 0 unspecified atom stereocenters. The summed E-state index contributed by atoms with van der Waals surface area (Å²) in [6.45, 7) is 1.98. The number of hydrogen-bond donors (Lipinski definition) is 2. The molecule has 1 heterocycles. The lowest BCUT2D eigenvalue weighted by atomic mass is 10.2. The third-order valence-corrected chi connectivity index (χ3v) is 3.66. The molecule has 19 heavy (non-hydrogen) atoms. The van der Waals surface area contributed by atoms with E-state index in [9.17, 15) is 4.79 Å². The van der Waals surface area contributed by atoms with Gasteiger partial charge in [0.15, 0.2) is 0 Å². The van der Waals surface area contributed by atoms with Crippen LogP contribution in [0.25, 0.3) is 5.69 Å². The standard InChI is InChI=1S/C13H14BrN3O2/c1-8-6-10(3-4-11(8)14)17-12(15)7-9(16-17)2-5-13(18)19/h3-4,6-7H,2,5,15H2,1H3,(H,18,19). The van der Waals surface area contributed by atoms with Gasteiger partial charge in [0.1, 0.15) is 5.82 Å². The fraction of sp³-hybridized carbons (Fsp3) is 0.231. The second kappa shape index (κ2) is 5.44. The van der Waals surface area contributed by atoms with E-state index in [1.165, 1.54) is 0 Å². The second-order valence-corrected chi connectivity index (χ2v) is 5.15. The zero-order valence-corrected chi connectivity index (χ0v) is 12.0. The van der Waals surface area contributed by atoms with Gasteiger partial charge in [-0.25, -0.2) is 4.68 Å². The van der Waals surface area contributed by atoms with Crippen molar-refractivity contribution in [1.29, 1.82) is 0 Å². The number of carboxylic acids is 1. The monoisotopic (exact) mass is 323 g/mol. The van der Waals surface area contributed by atoms with Crippen LogP contribution in [0.2, 0.25) is 0 Å². The summed E-state index contributed by atoms with van der Waals surface area (Å²) in [5.74, 6) is -0.338. The maximum atomic E-state index is 10.5. The van der Waals surface area contributed by atoms with Gasteiger partial charge < -0.3 is 10.8 Å². The van der Waals surface area contributed by atoms with Gasteiger partial charge in [-0.1, -0.05) is 15.9 Å². The van der Waals surface area contributed by atoms with E-state index >= 15 is 0 Å². The summed E-state index contributed by atoms with van der Waals surface area (Å²) in [7, 11) is 0. The normalized spacial score (nSPS) is 10.6. The fourth-order valence-electron chi connectivity index (χ4n) is 1.77. The van der Waals surface area contributed by atoms with Crippen molar-refractivity contribution < 1.29 is 9.90 Å². The molecule has 1 aromatic carbocycles. The van der Waals surface area contributed by atoms with Gasteiger partial charge in [-0.15, -0.1) is 0 Å². The topological polar surface area (TPSA) is 81.1 Å². The average Bonchev–Trinajstić information content (AvgIpc) is 2.72. The molecule has 6 heteroatoms. The molecule has 0 radical (unpaired) electrons. The van der Waals surface area contributed by atoms with Gasteiger partial charge in [0, 0.05) is 17.0 Å². The Morgan fingerprint density at radius 3 is 2.84 bits per heavy atom. The van der Waals surface area contributed by atoms with Crippen LogP contribution < -0.4 is 5.73 Å². The Morgan fingerprint density at radius 1 is 1.47 bits per heavy atom. The molecule has 3 N–H and O–H groups in total. The maximum absolute atomic E-state index is 10.5. The SMILES string of the molecule is Cc1cc(-n2nc(CCC(=O)O)cc2N)ccc1Br. The van der Waals surface area contributed by atoms with Gasteiger partial charge in [0.05, 0.1) is 17.8 Å². The first-order chi connectivity index (χ1) is 8.97. The number of aromatic nitrogens is 2. The third-order valence-electron chi connectivity index (χ3n) is 2.77. The summed E-state index contributed by atoms with van der Waals surface area (Å²) in [6.07, 6.45) is 0.428. The molecule has 0 saturated heterocycles. The Balaban J connectivity index is 2.29. The Bertz CT molecular complexity index is 622. The smallest absolute Gasteiger partial charge is 0.303 e. The van der Waals surface area contributed by atoms with Crippen molar-refractivity contribution in [3.05, 3.63) is 40.0 Å². The van der Waals surface area contributed by atoms with Gasteiger partial charge >= 0.3 is 5.97 Å². The van der Waals surface area contributed by atoms with Crippen LogP contribution in [0, 0.1) is 6.92 Å². The van der Waals surface area contributed by atoms with Crippen molar-refractivity contribution in [3.63, 3.8) is 0 Å². The van der Waals surface area contributed by atoms with E-state index in [1.54, 1.807) is 10.7 Å². The molecule has 100 valence electrons. The van der Waals surface area contributed by atoms with E-state index in [-0.39, 0.29) is 6.42 Å². The quantitative estimate of drug-likeness (QED) is 0.905. The number of carboxylic acid groups (broad SMARTS) is 1. The maximum Gasteiger partial charge on any atom is 0.303 e. The first-order valence-corrected chi connectivity index (χ1v) is 6.59. The van der Waals surface area contributed by atoms with E-state index in [0.29, 0.717) is 17.9 Å². The van der Waals surface area contributed by atoms with Gasteiger partial charge in [0.2, 0.25) is 0 Å². The van der Waals surface area contributed by atoms with E-state index in [4.69, 9.17) is 10.8 Å². The highest BCUT2D eigenvalue weighted by Gasteiger charge is 2.09. The number of hydrogen-bond acceptors (Lipinski definition) is 3. The number of halogens is 1. The first-order valence-electron chi connectivity index (χ1n) is 5.80. The third kappa shape index (κ3) is 3.14. The van der Waals surface area contributed by atoms with Crippen LogP contribution in [0.3, 0.4) is 0 Å². The molecule has 1 aromatic heterocycles. The van der Waals surface area contributed by atoms with Crippen LogP contribution in [0.5, 0.6) is 0 Å². The van der Waals surface area contributed by atoms with Crippen molar-refractivity contribution in [2.24, 2.45) is 0 Å². The second-order valence-electron chi connectivity index (χ2n) is 4.30. The lowest BCUT2D eigenvalue weighted by Crippen LogP contribution is -2.03. The van der Waals surface area contributed by atoms with Gasteiger partial charge in [-0.2, -0.15) is 5.10 Å². The molecule has 0 amide bonds. The Hall–Kier alpha value is -1.82. The summed E-state index contributed by atoms with van der Waals surface area (Å²) in [4.78, 5) is 10.5. The number of aryl methyl sites for hydroxylation is 2. The molecular weight excluding hydrogens is 310 g/mol. The summed E-state index contributed by atoms with van der Waals surface area (Å²) in [6, 6.07) is 7.51. The number of anilines is 1. The van der Waals surface area contributed by atoms with Crippen LogP contribution >= 0.6 is 15.9 Å². The summed E-state index contributed by atoms with van der Waals surface area (Å²) < 4.78 is 2.64. The number of carbonyl (C=O) groups is 1. The highest BCUT2D eigenvalue weighted by atomic mass is 79.9. The van der Waals surface area contributed by atoms with Crippen LogP contribution in [0.15, 0.2) is 28.7 Å². The first kappa shape index (κ1) is 13.6. The number of nitrogens with zero attached hydrogens (tertiary/aromatic N) is 2. The molecule has 0 aliphatic heterocycles. The molecule has 0 spiro atoms. The Labute approximate surface area is 119 Å². The van der Waals surface area contributed by atoms with Crippen LogP contribution in [-0.2, 0) is 11.2 Å². The van der Waals surface area contributed by atoms with Crippen LogP contribution in [0.1, 0.15) is 17.7 Å². The van der Waals surface area contributed by atoms with Crippen molar-refractivity contribution in [1.82, 2.24) is 9.78 Å². The van der Waals surface area contributed by atoms with E-state index in [0.717, 1.165) is 15.7 Å². The predicted octanol–water partition coefficient (Wildman–Crippen LogP) is 2.54. The van der Waals surface area contributed by atoms with Crippen molar-refractivity contribution >= 4 is 27.7 Å². The highest BCUT2D eigenvalue weighted by molar-refractivity contribution is 9.10. The molecule has 2 rings (SSSR count). The molecule has 0 saturated carbocycles. The number of rotatable bonds is 4. The van der Waals surface area contributed by atoms with E-state index in [1.807, 2.05) is 25.1 Å². The molecule has 2 aromatic rings. The number of aliphatic carboxylic acids is 1. The molecular formula is C13H14BrN3O2. The summed E-state index contributed by atoms with van der Waals surface area (Å²) in [5, 5.41) is 13.0. The van der Waals surface area contributed by atoms with Crippen molar-refractivity contribution in [2.45, 2.75) is 19.8 Å². The minimum atomic E-state index is -0.840.